The first-order valence-corrected chi connectivity index (χ1v) is 18.1. The van der Waals surface area contributed by atoms with Crippen LogP contribution in [0.2, 0.25) is 0 Å². The molecule has 15 heteroatoms. The molecule has 2 heterocycles. The van der Waals surface area contributed by atoms with Crippen LogP contribution in [0.4, 0.5) is 4.79 Å². The number of hydrogen-bond donors (Lipinski definition) is 1. The molecule has 2 aliphatic heterocycles. The Bertz CT molecular complexity index is 1580. The average molecular weight is 770 g/mol. The number of esters is 1. The van der Waals surface area contributed by atoms with Crippen LogP contribution in [0.25, 0.3) is 0 Å². The summed E-state index contributed by atoms with van der Waals surface area (Å²) in [5.74, 6) is -3.30. The first-order chi connectivity index (χ1) is 26.5. The molecule has 0 bridgehead atoms. The second-order valence-corrected chi connectivity index (χ2v) is 13.4. The van der Waals surface area contributed by atoms with E-state index in [0.717, 1.165) is 42.2 Å². The molecule has 15 nitrogen and oxygen atoms in total. The summed E-state index contributed by atoms with van der Waals surface area (Å²) in [7, 11) is 2.59. The van der Waals surface area contributed by atoms with Crippen molar-refractivity contribution in [1.29, 1.82) is 0 Å². The van der Waals surface area contributed by atoms with Gasteiger partial charge in [0.05, 0.1) is 25.9 Å². The van der Waals surface area contributed by atoms with Gasteiger partial charge < -0.3 is 43.0 Å². The van der Waals surface area contributed by atoms with Crippen LogP contribution in [0, 0.1) is 5.92 Å². The van der Waals surface area contributed by atoms with E-state index in [1.165, 1.54) is 7.11 Å². The molecule has 0 aromatic heterocycles. The number of allylic oxidation sites excluding steroid dienone is 1. The van der Waals surface area contributed by atoms with Crippen LogP contribution < -0.4 is 0 Å². The molecule has 0 radical (unpaired) electrons. The minimum Gasteiger partial charge on any atom is -0.451 e. The number of hydrogen-bond acceptors (Lipinski definition) is 14. The molecule has 4 rings (SSSR count). The van der Waals surface area contributed by atoms with Gasteiger partial charge in [-0.1, -0.05) is 74.5 Å². The number of ether oxygens (including phenoxy) is 8. The average Bonchev–Trinajstić information content (AvgIpc) is 3.58. The van der Waals surface area contributed by atoms with E-state index < -0.39 is 78.5 Å². The molecule has 2 aliphatic rings. The number of cyclic esters (lactones) is 1. The molecule has 0 spiro atoms. The second-order valence-electron chi connectivity index (χ2n) is 13.4. The number of aliphatic hydroxyl groups excluding tert-OH is 1. The molecular formula is C40H51NO14. The van der Waals surface area contributed by atoms with Gasteiger partial charge in [0, 0.05) is 34.2 Å². The predicted octanol–water partition coefficient (Wildman–Crippen LogP) is 3.33. The number of nitrogens with zero attached hydrogens (tertiary/aromatic N) is 1. The SMILES string of the molecule is CO[C@H]1O[C@H](CO)[C@@H](OCc2ccccc2)[C@H](OCc2ccccc2)[C@@H]1OCCCC(=O)C=CC(=O)[C@H](OC(C)=O)[C@@H](OC)C(=O)N1C(=O)OC[C@H]1C(C)C. The lowest BCUT2D eigenvalue weighted by atomic mass is 9.98. The highest BCUT2D eigenvalue weighted by atomic mass is 16.7. The van der Waals surface area contributed by atoms with Gasteiger partial charge in [0.1, 0.15) is 31.0 Å². The molecule has 2 saturated heterocycles. The van der Waals surface area contributed by atoms with Gasteiger partial charge >= 0.3 is 12.1 Å². The van der Waals surface area contributed by atoms with Gasteiger partial charge in [-0.05, 0) is 35.6 Å². The third kappa shape index (κ3) is 12.1. The summed E-state index contributed by atoms with van der Waals surface area (Å²) in [6.45, 7) is 4.75. The Labute approximate surface area is 320 Å². The van der Waals surface area contributed by atoms with Crippen LogP contribution in [0.3, 0.4) is 0 Å². The molecule has 1 N–H and O–H groups in total. The van der Waals surface area contributed by atoms with Crippen LogP contribution in [0.15, 0.2) is 72.8 Å². The zero-order valence-corrected chi connectivity index (χ0v) is 31.8. The zero-order chi connectivity index (χ0) is 39.9. The van der Waals surface area contributed by atoms with E-state index in [1.54, 1.807) is 13.8 Å². The number of benzene rings is 2. The van der Waals surface area contributed by atoms with Crippen molar-refractivity contribution in [3.8, 4) is 0 Å². The first kappa shape index (κ1) is 43.4. The van der Waals surface area contributed by atoms with Crippen molar-refractivity contribution >= 4 is 29.5 Å². The fourth-order valence-electron chi connectivity index (χ4n) is 6.25. The molecule has 55 heavy (non-hydrogen) atoms. The molecule has 2 amide bonds. The smallest absolute Gasteiger partial charge is 0.417 e. The van der Waals surface area contributed by atoms with Gasteiger partial charge in [-0.15, -0.1) is 0 Å². The van der Waals surface area contributed by atoms with Crippen LogP contribution in [-0.2, 0) is 70.3 Å². The van der Waals surface area contributed by atoms with Gasteiger partial charge in [0.25, 0.3) is 5.91 Å². The first-order valence-electron chi connectivity index (χ1n) is 18.1. The van der Waals surface area contributed by atoms with Crippen molar-refractivity contribution in [1.82, 2.24) is 4.90 Å². The van der Waals surface area contributed by atoms with E-state index in [-0.39, 0.29) is 51.8 Å². The molecule has 2 aromatic rings. The fourth-order valence-corrected chi connectivity index (χ4v) is 6.25. The number of aliphatic hydroxyl groups is 1. The van der Waals surface area contributed by atoms with Gasteiger partial charge in [0.15, 0.2) is 30.1 Å². The molecule has 8 atom stereocenters. The van der Waals surface area contributed by atoms with E-state index in [0.29, 0.717) is 0 Å². The maximum atomic E-state index is 13.4. The number of ketones is 2. The molecular weight excluding hydrogens is 718 g/mol. The standard InChI is InChI=1S/C40H51NO14/c1-25(2)30-24-53-40(47)41(30)38(46)36(48-4)33(54-26(3)43)31(45)19-18-29(44)17-12-20-50-37-35(52-23-28-15-10-7-11-16-28)34(32(21-42)55-39(37)49-5)51-22-27-13-8-6-9-14-27/h6-11,13-16,18-19,25,30,32-37,39,42H,12,17,20-24H2,1-5H3/t30-,32+,33-,34+,35-,36+,37-,39-/m0/s1. The normalized spacial score (nSPS) is 23.8. The Morgan fingerprint density at radius 3 is 2.04 bits per heavy atom. The van der Waals surface area contributed by atoms with E-state index in [9.17, 15) is 29.1 Å². The largest absolute Gasteiger partial charge is 0.451 e. The fraction of sp³-hybridized carbons (Fsp3) is 0.525. The van der Waals surface area contributed by atoms with Crippen LogP contribution in [0.1, 0.15) is 44.7 Å². The monoisotopic (exact) mass is 769 g/mol. The van der Waals surface area contributed by atoms with Crippen molar-refractivity contribution in [3.63, 3.8) is 0 Å². The Balaban J connectivity index is 1.41. The van der Waals surface area contributed by atoms with E-state index in [1.807, 2.05) is 60.7 Å². The maximum Gasteiger partial charge on any atom is 0.417 e. The Morgan fingerprint density at radius 2 is 1.49 bits per heavy atom. The molecule has 2 fully saturated rings. The quantitative estimate of drug-likeness (QED) is 0.111. The summed E-state index contributed by atoms with van der Waals surface area (Å²) in [5.41, 5.74) is 1.82. The third-order valence-corrected chi connectivity index (χ3v) is 9.14. The van der Waals surface area contributed by atoms with Crippen molar-refractivity contribution in [2.75, 3.05) is 34.0 Å². The molecule has 300 valence electrons. The van der Waals surface area contributed by atoms with Gasteiger partial charge in [-0.2, -0.15) is 0 Å². The number of methoxy groups -OCH3 is 2. The highest BCUT2D eigenvalue weighted by molar-refractivity contribution is 6.05. The lowest BCUT2D eigenvalue weighted by Gasteiger charge is -2.45. The number of carbonyl (C=O) groups is 5. The maximum absolute atomic E-state index is 13.4. The van der Waals surface area contributed by atoms with Gasteiger partial charge in [0.2, 0.25) is 0 Å². The number of rotatable bonds is 21. The van der Waals surface area contributed by atoms with E-state index >= 15 is 0 Å². The van der Waals surface area contributed by atoms with Crippen molar-refractivity contribution in [2.24, 2.45) is 5.92 Å². The van der Waals surface area contributed by atoms with Crippen molar-refractivity contribution in [2.45, 2.75) is 95.8 Å². The Kier molecular flexibility index (Phi) is 17.1. The summed E-state index contributed by atoms with van der Waals surface area (Å²) >= 11 is 0. The molecule has 0 unspecified atom stereocenters. The molecule has 0 saturated carbocycles. The third-order valence-electron chi connectivity index (χ3n) is 9.14. The minimum absolute atomic E-state index is 0.0317. The van der Waals surface area contributed by atoms with Gasteiger partial charge in [-0.25, -0.2) is 9.69 Å². The van der Waals surface area contributed by atoms with Crippen molar-refractivity contribution < 1.29 is 67.0 Å². The molecule has 2 aromatic carbocycles. The number of carbonyl (C=O) groups excluding carboxylic acids is 5. The van der Waals surface area contributed by atoms with Gasteiger partial charge in [-0.3, -0.25) is 19.2 Å². The molecule has 0 aliphatic carbocycles. The lowest BCUT2D eigenvalue weighted by molar-refractivity contribution is -0.319. The van der Waals surface area contributed by atoms with Crippen molar-refractivity contribution in [3.05, 3.63) is 83.9 Å². The highest BCUT2D eigenvalue weighted by Crippen LogP contribution is 2.30. The number of amides is 2. The van der Waals surface area contributed by atoms with E-state index in [2.05, 4.69) is 0 Å². The highest BCUT2D eigenvalue weighted by Gasteiger charge is 2.49. The summed E-state index contributed by atoms with van der Waals surface area (Å²) in [5, 5.41) is 10.3. The summed E-state index contributed by atoms with van der Waals surface area (Å²) < 4.78 is 46.1. The number of imide groups is 1. The van der Waals surface area contributed by atoms with Crippen LogP contribution in [0.5, 0.6) is 0 Å². The lowest BCUT2D eigenvalue weighted by Crippen LogP contribution is -2.61. The topological polar surface area (TPSA) is 183 Å². The predicted molar refractivity (Wildman–Crippen MR) is 194 cm³/mol. The second kappa shape index (κ2) is 21.7. The van der Waals surface area contributed by atoms with Crippen LogP contribution in [-0.4, -0.2) is 123 Å². The van der Waals surface area contributed by atoms with E-state index in [4.69, 9.17) is 37.9 Å². The van der Waals surface area contributed by atoms with Crippen LogP contribution >= 0.6 is 0 Å². The summed E-state index contributed by atoms with van der Waals surface area (Å²) in [6, 6.07) is 18.5. The summed E-state index contributed by atoms with van der Waals surface area (Å²) in [4.78, 5) is 64.8. The Hall–Kier alpha value is -4.35. The Morgan fingerprint density at radius 1 is 0.873 bits per heavy atom. The summed E-state index contributed by atoms with van der Waals surface area (Å²) in [6.07, 6.45) is -6.29. The minimum atomic E-state index is -1.77. The zero-order valence-electron chi connectivity index (χ0n) is 31.8.